The minimum Gasteiger partial charge on any atom is -0.483 e. The molecule has 0 spiro atoms. The molecule has 3 heterocycles. The maximum Gasteiger partial charge on any atom is 0.341 e. The summed E-state index contributed by atoms with van der Waals surface area (Å²) in [6.45, 7) is 10.3. The van der Waals surface area contributed by atoms with E-state index in [9.17, 15) is 14.4 Å². The Bertz CT molecular complexity index is 1190. The largest absolute Gasteiger partial charge is 0.483 e. The Morgan fingerprint density at radius 3 is 2.44 bits per heavy atom. The topological polar surface area (TPSA) is 105 Å². The summed E-state index contributed by atoms with van der Waals surface area (Å²) in [5.74, 6) is -0.713. The molecule has 1 aromatic carbocycles. The summed E-state index contributed by atoms with van der Waals surface area (Å²) < 4.78 is 28.6. The zero-order chi connectivity index (χ0) is 23.4. The van der Waals surface area contributed by atoms with Gasteiger partial charge in [0.15, 0.2) is 17.8 Å². The van der Waals surface area contributed by atoms with Crippen LogP contribution in [-0.4, -0.2) is 35.3 Å². The van der Waals surface area contributed by atoms with Gasteiger partial charge in [-0.2, -0.15) is 0 Å². The first-order valence-electron chi connectivity index (χ1n) is 10.5. The minimum atomic E-state index is -1.06. The van der Waals surface area contributed by atoms with E-state index in [0.717, 1.165) is 0 Å². The first-order chi connectivity index (χ1) is 15.0. The van der Waals surface area contributed by atoms with Gasteiger partial charge >= 0.3 is 17.6 Å². The lowest BCUT2D eigenvalue weighted by Crippen LogP contribution is -2.52. The third-order valence-corrected chi connectivity index (χ3v) is 6.16. The first kappa shape index (κ1) is 22.1. The van der Waals surface area contributed by atoms with Crippen LogP contribution in [0.1, 0.15) is 53.2 Å². The van der Waals surface area contributed by atoms with Crippen LogP contribution in [0.4, 0.5) is 0 Å². The fourth-order valence-electron chi connectivity index (χ4n) is 3.73. The van der Waals surface area contributed by atoms with Crippen LogP contribution in [0.2, 0.25) is 0 Å². The van der Waals surface area contributed by atoms with Gasteiger partial charge in [0, 0.05) is 28.7 Å². The summed E-state index contributed by atoms with van der Waals surface area (Å²) in [5.41, 5.74) is -1.34. The molecule has 170 valence electrons. The average molecular weight is 442 g/mol. The van der Waals surface area contributed by atoms with E-state index in [4.69, 9.17) is 23.4 Å². The van der Waals surface area contributed by atoms with E-state index in [2.05, 4.69) is 0 Å². The van der Waals surface area contributed by atoms with Crippen molar-refractivity contribution < 1.29 is 33.0 Å². The summed E-state index contributed by atoms with van der Waals surface area (Å²) in [6, 6.07) is 6.21. The maximum atomic E-state index is 13.0. The predicted molar refractivity (Wildman–Crippen MR) is 114 cm³/mol. The summed E-state index contributed by atoms with van der Waals surface area (Å²) >= 11 is 0. The highest BCUT2D eigenvalue weighted by Crippen LogP contribution is 2.47. The third-order valence-electron chi connectivity index (χ3n) is 6.16. The Morgan fingerprint density at radius 2 is 1.81 bits per heavy atom. The smallest absolute Gasteiger partial charge is 0.341 e. The van der Waals surface area contributed by atoms with Crippen molar-refractivity contribution in [1.29, 1.82) is 0 Å². The molecule has 1 aromatic heterocycles. The number of epoxide rings is 1. The molecular formula is C24H26O8. The molecule has 8 nitrogen and oxygen atoms in total. The number of ether oxygens (including phenoxy) is 4. The van der Waals surface area contributed by atoms with Gasteiger partial charge in [0.1, 0.15) is 16.9 Å². The lowest BCUT2D eigenvalue weighted by molar-refractivity contribution is -0.190. The van der Waals surface area contributed by atoms with E-state index in [1.54, 1.807) is 65.8 Å². The molecule has 1 fully saturated rings. The molecule has 0 unspecified atom stereocenters. The highest BCUT2D eigenvalue weighted by Gasteiger charge is 2.59. The lowest BCUT2D eigenvalue weighted by atomic mass is 9.87. The average Bonchev–Trinajstić information content (AvgIpc) is 3.35. The van der Waals surface area contributed by atoms with Crippen molar-refractivity contribution >= 4 is 22.9 Å². The van der Waals surface area contributed by atoms with Crippen molar-refractivity contribution in [3.8, 4) is 5.75 Å². The van der Waals surface area contributed by atoms with Gasteiger partial charge in [-0.05, 0) is 53.7 Å². The fraction of sp³-hybridized carbons (Fsp3) is 0.458. The first-order valence-corrected chi connectivity index (χ1v) is 10.5. The van der Waals surface area contributed by atoms with Crippen molar-refractivity contribution in [2.24, 2.45) is 0 Å². The number of carbonyl (C=O) groups excluding carboxylic acids is 2. The molecule has 0 N–H and O–H groups in total. The van der Waals surface area contributed by atoms with Gasteiger partial charge in [0.25, 0.3) is 0 Å². The van der Waals surface area contributed by atoms with Crippen LogP contribution in [0.15, 0.2) is 45.1 Å². The number of rotatable bonds is 4. The van der Waals surface area contributed by atoms with E-state index in [-0.39, 0.29) is 6.10 Å². The molecule has 8 heteroatoms. The highest BCUT2D eigenvalue weighted by molar-refractivity contribution is 5.88. The molecular weight excluding hydrogens is 416 g/mol. The molecule has 0 aliphatic carbocycles. The van der Waals surface area contributed by atoms with Gasteiger partial charge in [-0.3, -0.25) is 0 Å². The van der Waals surface area contributed by atoms with Crippen LogP contribution in [-0.2, 0) is 23.8 Å². The van der Waals surface area contributed by atoms with Gasteiger partial charge in [-0.25, -0.2) is 14.4 Å². The second-order valence-corrected chi connectivity index (χ2v) is 8.88. The lowest BCUT2D eigenvalue weighted by Gasteiger charge is -2.43. The van der Waals surface area contributed by atoms with Crippen molar-refractivity contribution in [2.45, 2.75) is 71.1 Å². The second-order valence-electron chi connectivity index (χ2n) is 8.88. The van der Waals surface area contributed by atoms with E-state index in [0.29, 0.717) is 27.9 Å². The summed E-state index contributed by atoms with van der Waals surface area (Å²) in [6.07, 6.45) is -0.532. The van der Waals surface area contributed by atoms with E-state index >= 15 is 0 Å². The Balaban J connectivity index is 1.82. The molecule has 4 atom stereocenters. The quantitative estimate of drug-likeness (QED) is 0.306. The Morgan fingerprint density at radius 1 is 1.12 bits per heavy atom. The van der Waals surface area contributed by atoms with Crippen LogP contribution in [0.25, 0.3) is 11.0 Å². The SMILES string of the molecule is CC=C(C)C(=O)O[C@@H]1[C@@H](OC(=O)[C@@]2(C)O[C@@H]2C)c2cc3ccc(=O)oc3cc2OC1(C)C. The summed E-state index contributed by atoms with van der Waals surface area (Å²) in [5, 5.41) is 0.615. The van der Waals surface area contributed by atoms with Gasteiger partial charge in [-0.1, -0.05) is 6.08 Å². The zero-order valence-corrected chi connectivity index (χ0v) is 18.9. The van der Waals surface area contributed by atoms with Gasteiger partial charge in [0.2, 0.25) is 0 Å². The summed E-state index contributed by atoms with van der Waals surface area (Å²) in [7, 11) is 0. The van der Waals surface area contributed by atoms with Gasteiger partial charge < -0.3 is 23.4 Å². The van der Waals surface area contributed by atoms with Crippen LogP contribution in [0.3, 0.4) is 0 Å². The van der Waals surface area contributed by atoms with Gasteiger partial charge in [-0.15, -0.1) is 0 Å². The monoisotopic (exact) mass is 442 g/mol. The number of hydrogen-bond donors (Lipinski definition) is 0. The van der Waals surface area contributed by atoms with Crippen molar-refractivity contribution in [2.75, 3.05) is 0 Å². The molecule has 0 radical (unpaired) electrons. The van der Waals surface area contributed by atoms with Gasteiger partial charge in [0.05, 0.1) is 6.10 Å². The molecule has 2 aliphatic heterocycles. The van der Waals surface area contributed by atoms with Crippen molar-refractivity contribution in [3.05, 3.63) is 51.9 Å². The highest BCUT2D eigenvalue weighted by atomic mass is 16.7. The molecule has 0 saturated carbocycles. The molecule has 2 aliphatic rings. The van der Waals surface area contributed by atoms with Crippen LogP contribution >= 0.6 is 0 Å². The second kappa shape index (κ2) is 7.48. The normalized spacial score (nSPS) is 28.4. The van der Waals surface area contributed by atoms with Crippen molar-refractivity contribution in [1.82, 2.24) is 0 Å². The molecule has 1 saturated heterocycles. The Kier molecular flexibility index (Phi) is 5.16. The number of fused-ring (bicyclic) bond motifs is 2. The minimum absolute atomic E-state index is 0.278. The Labute approximate surface area is 185 Å². The molecule has 4 rings (SSSR count). The number of carbonyl (C=O) groups is 2. The van der Waals surface area contributed by atoms with E-state index < -0.39 is 41.0 Å². The summed E-state index contributed by atoms with van der Waals surface area (Å²) in [4.78, 5) is 37.2. The van der Waals surface area contributed by atoms with Crippen LogP contribution in [0.5, 0.6) is 5.75 Å². The molecule has 32 heavy (non-hydrogen) atoms. The standard InChI is InChI=1S/C24H26O8/c1-7-12(2)21(26)30-20-19(29-22(27)24(6)13(3)31-24)15-10-14-8-9-18(25)28-16(14)11-17(15)32-23(20,4)5/h7-11,13,19-20H,1-6H3/t13-,19+,20-,24+/m1/s1. The predicted octanol–water partition coefficient (Wildman–Crippen LogP) is 3.60. The number of allylic oxidation sites excluding steroid dienone is 1. The maximum absolute atomic E-state index is 13.0. The zero-order valence-electron chi connectivity index (χ0n) is 18.9. The van der Waals surface area contributed by atoms with E-state index in [1.165, 1.54) is 6.07 Å². The Hall–Kier alpha value is -3.13. The van der Waals surface area contributed by atoms with E-state index in [1.807, 2.05) is 0 Å². The molecule has 0 amide bonds. The fourth-order valence-corrected chi connectivity index (χ4v) is 3.73. The van der Waals surface area contributed by atoms with Crippen molar-refractivity contribution in [3.63, 3.8) is 0 Å². The molecule has 0 bridgehead atoms. The van der Waals surface area contributed by atoms with Crippen LogP contribution in [0, 0.1) is 0 Å². The number of esters is 2. The number of benzene rings is 1. The number of hydrogen-bond acceptors (Lipinski definition) is 8. The van der Waals surface area contributed by atoms with Crippen LogP contribution < -0.4 is 10.4 Å². The third kappa shape index (κ3) is 3.68. The molecule has 2 aromatic rings.